The maximum atomic E-state index is 13.2. The average molecular weight is 695 g/mol. The lowest BCUT2D eigenvalue weighted by Gasteiger charge is -2.43. The molecule has 3 aliphatic heterocycles. The molecule has 0 radical (unpaired) electrons. The molecular weight excluding hydrogens is 628 g/mol. The third kappa shape index (κ3) is 8.36. The third-order valence-corrected chi connectivity index (χ3v) is 14.4. The lowest BCUT2D eigenvalue weighted by atomic mass is 9.68. The molecule has 50 heavy (non-hydrogen) atoms. The van der Waals surface area contributed by atoms with E-state index in [1.165, 1.54) is 77.0 Å². The van der Waals surface area contributed by atoms with Gasteiger partial charge in [0.15, 0.2) is 0 Å². The van der Waals surface area contributed by atoms with Crippen LogP contribution in [0.3, 0.4) is 0 Å². The second-order valence-corrected chi connectivity index (χ2v) is 17.2. The van der Waals surface area contributed by atoms with Gasteiger partial charge in [-0.1, -0.05) is 37.3 Å². The summed E-state index contributed by atoms with van der Waals surface area (Å²) in [5.41, 5.74) is 3.68. The SMILES string of the molecule is CC/C(=C(\C1CCC(O)CC1)C1CCC(OCCN2CCN(C3CCC4C(=O)N(C5CCC(=O)NC5=O)CC4C3)CC2)CC1)C1CCCCC1. The number of imide groups is 1. The van der Waals surface area contributed by atoms with Gasteiger partial charge in [-0.15, -0.1) is 0 Å². The van der Waals surface area contributed by atoms with E-state index in [2.05, 4.69) is 22.0 Å². The first kappa shape index (κ1) is 36.5. The zero-order chi connectivity index (χ0) is 34.6. The molecule has 7 rings (SSSR count). The first-order valence-corrected chi connectivity index (χ1v) is 21.0. The predicted molar refractivity (Wildman–Crippen MR) is 194 cm³/mol. The van der Waals surface area contributed by atoms with E-state index in [0.717, 1.165) is 83.3 Å². The minimum atomic E-state index is -0.475. The number of aliphatic hydroxyl groups excluding tert-OH is 1. The van der Waals surface area contributed by atoms with Gasteiger partial charge in [-0.05, 0) is 120 Å². The maximum absolute atomic E-state index is 13.2. The summed E-state index contributed by atoms with van der Waals surface area (Å²) in [4.78, 5) is 44.4. The summed E-state index contributed by atoms with van der Waals surface area (Å²) in [6.45, 7) is 9.21. The second kappa shape index (κ2) is 16.9. The number of amides is 3. The molecule has 9 nitrogen and oxygen atoms in total. The van der Waals surface area contributed by atoms with Crippen LogP contribution < -0.4 is 5.32 Å². The molecule has 4 unspecified atom stereocenters. The molecule has 0 aromatic carbocycles. The number of hydrogen-bond acceptors (Lipinski definition) is 7. The smallest absolute Gasteiger partial charge is 0.249 e. The number of likely N-dealkylation sites (tertiary alicyclic amines) is 1. The molecule has 0 bridgehead atoms. The Hall–Kier alpha value is -1.81. The fourth-order valence-electron chi connectivity index (χ4n) is 11.6. The minimum Gasteiger partial charge on any atom is -0.393 e. The van der Waals surface area contributed by atoms with Crippen molar-refractivity contribution in [3.8, 4) is 0 Å². The number of nitrogens with one attached hydrogen (secondary N) is 1. The van der Waals surface area contributed by atoms with Crippen molar-refractivity contribution in [3.05, 3.63) is 11.1 Å². The van der Waals surface area contributed by atoms with Crippen LogP contribution in [0.2, 0.25) is 0 Å². The van der Waals surface area contributed by atoms with Crippen molar-refractivity contribution in [1.82, 2.24) is 20.0 Å². The van der Waals surface area contributed by atoms with E-state index in [9.17, 15) is 19.5 Å². The van der Waals surface area contributed by atoms with Crippen LogP contribution in [0.25, 0.3) is 0 Å². The summed E-state index contributed by atoms with van der Waals surface area (Å²) in [6.07, 6.45) is 21.5. The molecular formula is C41H66N4O5. The highest BCUT2D eigenvalue weighted by molar-refractivity contribution is 6.02. The number of nitrogens with zero attached hydrogens (tertiary/aromatic N) is 3. The largest absolute Gasteiger partial charge is 0.393 e. The molecule has 4 aliphatic carbocycles. The van der Waals surface area contributed by atoms with Crippen molar-refractivity contribution in [2.75, 3.05) is 45.9 Å². The summed E-state index contributed by atoms with van der Waals surface area (Å²) in [7, 11) is 0. The highest BCUT2D eigenvalue weighted by Crippen LogP contribution is 2.46. The Morgan fingerprint density at radius 1 is 0.800 bits per heavy atom. The molecule has 4 atom stereocenters. The average Bonchev–Trinajstić information content (AvgIpc) is 3.47. The number of carbonyl (C=O) groups excluding carboxylic acids is 3. The molecule has 7 aliphatic rings. The number of piperazine rings is 1. The van der Waals surface area contributed by atoms with Gasteiger partial charge in [0.25, 0.3) is 0 Å². The quantitative estimate of drug-likeness (QED) is 0.232. The summed E-state index contributed by atoms with van der Waals surface area (Å²) in [5.74, 6) is 2.19. The van der Waals surface area contributed by atoms with Crippen LogP contribution in [-0.2, 0) is 19.1 Å². The molecule has 0 spiro atoms. The van der Waals surface area contributed by atoms with Crippen molar-refractivity contribution >= 4 is 17.7 Å². The van der Waals surface area contributed by atoms with Crippen LogP contribution in [-0.4, -0.2) is 108 Å². The normalized spacial score (nSPS) is 37.4. The van der Waals surface area contributed by atoms with E-state index in [1.54, 1.807) is 4.90 Å². The van der Waals surface area contributed by atoms with Gasteiger partial charge in [-0.2, -0.15) is 0 Å². The second-order valence-electron chi connectivity index (χ2n) is 17.2. The van der Waals surface area contributed by atoms with Crippen LogP contribution in [0.1, 0.15) is 129 Å². The van der Waals surface area contributed by atoms with Gasteiger partial charge in [0.05, 0.1) is 18.8 Å². The molecule has 3 saturated heterocycles. The van der Waals surface area contributed by atoms with Gasteiger partial charge in [0.2, 0.25) is 17.7 Å². The fourth-order valence-corrected chi connectivity index (χ4v) is 11.6. The van der Waals surface area contributed by atoms with Crippen LogP contribution in [0.5, 0.6) is 0 Å². The number of rotatable bonds is 10. The fraction of sp³-hybridized carbons (Fsp3) is 0.878. The molecule has 0 aromatic heterocycles. The summed E-state index contributed by atoms with van der Waals surface area (Å²) in [6, 6.07) is 0.0419. The molecule has 9 heteroatoms. The number of allylic oxidation sites excluding steroid dienone is 2. The number of hydrogen-bond donors (Lipinski definition) is 2. The van der Waals surface area contributed by atoms with E-state index < -0.39 is 6.04 Å². The topological polar surface area (TPSA) is 102 Å². The first-order valence-electron chi connectivity index (χ1n) is 21.0. The monoisotopic (exact) mass is 695 g/mol. The van der Waals surface area contributed by atoms with E-state index in [-0.39, 0.29) is 29.7 Å². The first-order chi connectivity index (χ1) is 24.4. The Morgan fingerprint density at radius 2 is 1.50 bits per heavy atom. The zero-order valence-electron chi connectivity index (χ0n) is 31.0. The zero-order valence-corrected chi connectivity index (χ0v) is 31.0. The molecule has 4 saturated carbocycles. The number of aliphatic hydroxyl groups is 1. The van der Waals surface area contributed by atoms with Crippen LogP contribution in [0.15, 0.2) is 11.1 Å². The highest BCUT2D eigenvalue weighted by Gasteiger charge is 2.49. The highest BCUT2D eigenvalue weighted by atomic mass is 16.5. The van der Waals surface area contributed by atoms with Gasteiger partial charge in [0.1, 0.15) is 6.04 Å². The van der Waals surface area contributed by atoms with Crippen molar-refractivity contribution in [2.45, 2.75) is 153 Å². The van der Waals surface area contributed by atoms with E-state index in [1.807, 2.05) is 11.1 Å². The molecule has 280 valence electrons. The van der Waals surface area contributed by atoms with E-state index in [4.69, 9.17) is 4.74 Å². The molecule has 3 amide bonds. The third-order valence-electron chi connectivity index (χ3n) is 14.4. The summed E-state index contributed by atoms with van der Waals surface area (Å²) >= 11 is 0. The van der Waals surface area contributed by atoms with Crippen LogP contribution in [0, 0.1) is 29.6 Å². The standard InChI is InChI=1S/C41H66N4O5/c1-2-35(28-6-4-3-5-7-28)39(29-8-13-33(46)14-9-29)30-10-15-34(16-11-30)50-25-24-43-20-22-44(23-21-43)32-12-17-36-31(26-32)27-45(41(36)49)37-18-19-38(47)42-40(37)48/h28-34,36-37,46H,2-27H2,1H3,(H,42,47,48)/b39-35-. The summed E-state index contributed by atoms with van der Waals surface area (Å²) < 4.78 is 6.56. The van der Waals surface area contributed by atoms with Crippen LogP contribution >= 0.6 is 0 Å². The van der Waals surface area contributed by atoms with Gasteiger partial charge >= 0.3 is 0 Å². The summed E-state index contributed by atoms with van der Waals surface area (Å²) in [5, 5.41) is 12.7. The lowest BCUT2D eigenvalue weighted by molar-refractivity contribution is -0.144. The van der Waals surface area contributed by atoms with E-state index >= 15 is 0 Å². The lowest BCUT2D eigenvalue weighted by Crippen LogP contribution is -2.53. The van der Waals surface area contributed by atoms with Crippen molar-refractivity contribution in [1.29, 1.82) is 0 Å². The molecule has 3 heterocycles. The van der Waals surface area contributed by atoms with E-state index in [0.29, 0.717) is 43.4 Å². The predicted octanol–water partition coefficient (Wildman–Crippen LogP) is 5.45. The Kier molecular flexibility index (Phi) is 12.4. The molecule has 2 N–H and O–H groups in total. The minimum absolute atomic E-state index is 0.0414. The van der Waals surface area contributed by atoms with Crippen molar-refractivity contribution in [3.63, 3.8) is 0 Å². The maximum Gasteiger partial charge on any atom is 0.249 e. The number of fused-ring (bicyclic) bond motifs is 1. The Labute approximate surface area is 301 Å². The molecule has 0 aromatic rings. The van der Waals surface area contributed by atoms with Crippen molar-refractivity contribution in [2.24, 2.45) is 29.6 Å². The number of ether oxygens (including phenoxy) is 1. The van der Waals surface area contributed by atoms with Crippen LogP contribution in [0.4, 0.5) is 0 Å². The Bertz CT molecular complexity index is 1210. The van der Waals surface area contributed by atoms with Crippen molar-refractivity contribution < 1.29 is 24.2 Å². The van der Waals surface area contributed by atoms with Gasteiger partial charge in [-0.3, -0.25) is 29.5 Å². The Morgan fingerprint density at radius 3 is 2.18 bits per heavy atom. The number of carbonyl (C=O) groups is 3. The Balaban J connectivity index is 0.836. The van der Waals surface area contributed by atoms with Gasteiger partial charge in [0, 0.05) is 57.6 Å². The van der Waals surface area contributed by atoms with Gasteiger partial charge < -0.3 is 14.7 Å². The molecule has 7 fully saturated rings. The number of piperidine rings is 1. The van der Waals surface area contributed by atoms with Gasteiger partial charge in [-0.25, -0.2) is 0 Å².